The van der Waals surface area contributed by atoms with Gasteiger partial charge in [-0.05, 0) is 0 Å². The van der Waals surface area contributed by atoms with Crippen molar-refractivity contribution in [1.29, 1.82) is 5.41 Å². The molecule has 0 saturated heterocycles. The maximum absolute atomic E-state index is 6.97. The molecule has 0 aromatic carbocycles. The molecule has 0 aliphatic rings. The van der Waals surface area contributed by atoms with E-state index in [1.807, 2.05) is 0 Å². The summed E-state index contributed by atoms with van der Waals surface area (Å²) < 4.78 is 5.87. The van der Waals surface area contributed by atoms with Crippen LogP contribution in [0, 0.1) is 5.41 Å². The molecule has 0 unspecified atom stereocenters. The second-order valence-corrected chi connectivity index (χ2v) is 3.42. The van der Waals surface area contributed by atoms with Gasteiger partial charge in [-0.3, -0.25) is 5.41 Å². The number of ether oxygens (including phenoxy) is 1. The van der Waals surface area contributed by atoms with E-state index in [0.717, 1.165) is 11.0 Å². The van der Waals surface area contributed by atoms with E-state index in [0.29, 0.717) is 12.5 Å². The molecule has 0 amide bonds. The highest BCUT2D eigenvalue weighted by atomic mass is 16.5. The van der Waals surface area contributed by atoms with Crippen molar-refractivity contribution in [2.45, 2.75) is 6.92 Å². The summed E-state index contributed by atoms with van der Waals surface area (Å²) in [5, 5.41) is 6.97. The highest BCUT2D eigenvalue weighted by Crippen LogP contribution is 1.89. The molecule has 0 aromatic heterocycles. The van der Waals surface area contributed by atoms with Gasteiger partial charge in [0, 0.05) is 6.92 Å². The van der Waals surface area contributed by atoms with Crippen LogP contribution in [0.2, 0.25) is 0 Å². The van der Waals surface area contributed by atoms with Crippen LogP contribution >= 0.6 is 0 Å². The van der Waals surface area contributed by atoms with Gasteiger partial charge in [0.2, 0.25) is 0 Å². The molecule has 0 aliphatic carbocycles. The summed E-state index contributed by atoms with van der Waals surface area (Å²) in [6.07, 6.45) is 0. The molecule has 0 saturated carbocycles. The lowest BCUT2D eigenvalue weighted by Crippen LogP contribution is -2.37. The van der Waals surface area contributed by atoms with Crippen molar-refractivity contribution in [1.82, 2.24) is 0 Å². The Bertz CT molecular complexity index is 115. The number of nitrogens with one attached hydrogen (secondary N) is 1. The number of nitrogens with zero attached hydrogens (tertiary/aromatic N) is 1. The number of hydrogen-bond acceptors (Lipinski definition) is 2. The molecule has 0 atom stereocenters. The molecule has 10 heavy (non-hydrogen) atoms. The maximum atomic E-state index is 6.97. The summed E-state index contributed by atoms with van der Waals surface area (Å²) in [4.78, 5) is 0. The fraction of sp³-hybridized carbons (Fsp3) is 0.857. The van der Waals surface area contributed by atoms with Gasteiger partial charge in [0.25, 0.3) is 0 Å². The van der Waals surface area contributed by atoms with Gasteiger partial charge in [0.05, 0.1) is 21.1 Å². The monoisotopic (exact) mass is 145 g/mol. The van der Waals surface area contributed by atoms with Gasteiger partial charge in [-0.2, -0.15) is 0 Å². The molecule has 1 N–H and O–H groups in total. The molecule has 3 heteroatoms. The predicted molar refractivity (Wildman–Crippen MR) is 42.3 cm³/mol. The second-order valence-electron chi connectivity index (χ2n) is 3.42. The molecule has 0 aliphatic heterocycles. The first-order valence-electron chi connectivity index (χ1n) is 3.40. The van der Waals surface area contributed by atoms with Crippen LogP contribution in [0.15, 0.2) is 0 Å². The quantitative estimate of drug-likeness (QED) is 0.354. The van der Waals surface area contributed by atoms with E-state index in [2.05, 4.69) is 21.1 Å². The number of rotatable bonds is 3. The largest absolute Gasteiger partial charge is 0.476 e. The van der Waals surface area contributed by atoms with Crippen molar-refractivity contribution in [2.24, 2.45) is 0 Å². The van der Waals surface area contributed by atoms with Gasteiger partial charge in [-0.25, -0.2) is 0 Å². The predicted octanol–water partition coefficient (Wildman–Crippen LogP) is 0.706. The number of hydrogen-bond donors (Lipinski definition) is 1. The van der Waals surface area contributed by atoms with Gasteiger partial charge >= 0.3 is 0 Å². The molecule has 0 fully saturated rings. The Kier molecular flexibility index (Phi) is 3.36. The summed E-state index contributed by atoms with van der Waals surface area (Å²) in [5.41, 5.74) is 0. The van der Waals surface area contributed by atoms with Crippen molar-refractivity contribution in [2.75, 3.05) is 34.3 Å². The van der Waals surface area contributed by atoms with E-state index in [4.69, 9.17) is 10.1 Å². The van der Waals surface area contributed by atoms with Crippen LogP contribution in [0.1, 0.15) is 6.92 Å². The van der Waals surface area contributed by atoms with Gasteiger partial charge in [-0.15, -0.1) is 0 Å². The zero-order chi connectivity index (χ0) is 8.20. The third kappa shape index (κ3) is 7.43. The van der Waals surface area contributed by atoms with Crippen molar-refractivity contribution < 1.29 is 9.22 Å². The molecule has 0 rings (SSSR count). The van der Waals surface area contributed by atoms with Crippen LogP contribution < -0.4 is 0 Å². The molecule has 3 nitrogen and oxygen atoms in total. The Morgan fingerprint density at radius 1 is 1.40 bits per heavy atom. The molecular weight excluding hydrogens is 128 g/mol. The average molecular weight is 145 g/mol. The first-order chi connectivity index (χ1) is 4.42. The summed E-state index contributed by atoms with van der Waals surface area (Å²) in [7, 11) is 6.30. The fourth-order valence-corrected chi connectivity index (χ4v) is 0.473. The molecule has 0 spiro atoms. The lowest BCUT2D eigenvalue weighted by molar-refractivity contribution is -0.870. The molecule has 0 bridgehead atoms. The SMILES string of the molecule is CC(=N)OCC[N+](C)(C)C. The van der Waals surface area contributed by atoms with E-state index in [9.17, 15) is 0 Å². The van der Waals surface area contributed by atoms with Crippen molar-refractivity contribution in [3.8, 4) is 0 Å². The molecule has 60 valence electrons. The third-order valence-electron chi connectivity index (χ3n) is 1.08. The Labute approximate surface area is 62.7 Å². The van der Waals surface area contributed by atoms with E-state index in [-0.39, 0.29) is 0 Å². The number of likely N-dealkylation sites (N-methyl/N-ethyl adjacent to an activating group) is 1. The van der Waals surface area contributed by atoms with Crippen molar-refractivity contribution in [3.05, 3.63) is 0 Å². The average Bonchev–Trinajstić information content (AvgIpc) is 1.59. The van der Waals surface area contributed by atoms with Crippen LogP contribution in [-0.2, 0) is 4.74 Å². The minimum absolute atomic E-state index is 0.299. The number of quaternary nitrogens is 1. The zero-order valence-corrected chi connectivity index (χ0v) is 7.27. The van der Waals surface area contributed by atoms with Crippen LogP contribution in [0.5, 0.6) is 0 Å². The standard InChI is InChI=1S/C7H17N2O/c1-7(8)10-6-5-9(2,3)4/h8H,5-6H2,1-4H3/q+1. The van der Waals surface area contributed by atoms with Gasteiger partial charge in [0.1, 0.15) is 13.2 Å². The topological polar surface area (TPSA) is 33.1 Å². The smallest absolute Gasteiger partial charge is 0.177 e. The van der Waals surface area contributed by atoms with Crippen LogP contribution in [0.25, 0.3) is 0 Å². The van der Waals surface area contributed by atoms with E-state index in [1.165, 1.54) is 0 Å². The fourth-order valence-electron chi connectivity index (χ4n) is 0.473. The minimum atomic E-state index is 0.299. The zero-order valence-electron chi connectivity index (χ0n) is 7.27. The lowest BCUT2D eigenvalue weighted by atomic mass is 10.5. The third-order valence-corrected chi connectivity index (χ3v) is 1.08. The van der Waals surface area contributed by atoms with Gasteiger partial charge in [0.15, 0.2) is 5.90 Å². The Hall–Kier alpha value is -0.570. The Balaban J connectivity index is 3.29. The first-order valence-corrected chi connectivity index (χ1v) is 3.40. The van der Waals surface area contributed by atoms with Crippen molar-refractivity contribution in [3.63, 3.8) is 0 Å². The molecule has 0 radical (unpaired) electrons. The minimum Gasteiger partial charge on any atom is -0.476 e. The van der Waals surface area contributed by atoms with Gasteiger partial charge < -0.3 is 9.22 Å². The maximum Gasteiger partial charge on any atom is 0.177 e. The molecular formula is C7H17N2O+. The second kappa shape index (κ2) is 3.56. The first kappa shape index (κ1) is 9.43. The van der Waals surface area contributed by atoms with Gasteiger partial charge in [-0.1, -0.05) is 0 Å². The van der Waals surface area contributed by atoms with E-state index < -0.39 is 0 Å². The normalized spacial score (nSPS) is 11.2. The Morgan fingerprint density at radius 3 is 2.20 bits per heavy atom. The summed E-state index contributed by atoms with van der Waals surface area (Å²) >= 11 is 0. The summed E-state index contributed by atoms with van der Waals surface area (Å²) in [6, 6.07) is 0. The van der Waals surface area contributed by atoms with Crippen LogP contribution in [-0.4, -0.2) is 44.7 Å². The Morgan fingerprint density at radius 2 is 1.90 bits per heavy atom. The van der Waals surface area contributed by atoms with E-state index in [1.54, 1.807) is 6.92 Å². The van der Waals surface area contributed by atoms with E-state index >= 15 is 0 Å². The summed E-state index contributed by atoms with van der Waals surface area (Å²) in [5.74, 6) is 0.299. The highest BCUT2D eigenvalue weighted by molar-refractivity contribution is 5.69. The highest BCUT2D eigenvalue weighted by Gasteiger charge is 2.05. The summed E-state index contributed by atoms with van der Waals surface area (Å²) in [6.45, 7) is 3.23. The molecule has 0 aromatic rings. The lowest BCUT2D eigenvalue weighted by Gasteiger charge is -2.23. The van der Waals surface area contributed by atoms with Crippen molar-refractivity contribution >= 4 is 5.90 Å². The van der Waals surface area contributed by atoms with Crippen LogP contribution in [0.4, 0.5) is 0 Å². The molecule has 0 heterocycles. The van der Waals surface area contributed by atoms with Crippen LogP contribution in [0.3, 0.4) is 0 Å².